The number of nitrogens with one attached hydrogen (secondary N) is 1. The van der Waals surface area contributed by atoms with E-state index in [4.69, 9.17) is 9.47 Å². The van der Waals surface area contributed by atoms with E-state index >= 15 is 0 Å². The van der Waals surface area contributed by atoms with Crippen LogP contribution in [0.5, 0.6) is 5.75 Å². The minimum absolute atomic E-state index is 0.156. The third-order valence-electron chi connectivity index (χ3n) is 4.62. The Hall–Kier alpha value is -2.30. The number of pyridine rings is 1. The molecule has 1 heterocycles. The number of hydrogen-bond donors (Lipinski definition) is 1. The number of fused-ring (bicyclic) bond motifs is 1. The van der Waals surface area contributed by atoms with E-state index in [9.17, 15) is 4.79 Å². The zero-order valence-electron chi connectivity index (χ0n) is 16.0. The van der Waals surface area contributed by atoms with Crippen molar-refractivity contribution in [2.24, 2.45) is 0 Å². The molecule has 1 aromatic heterocycles. The van der Waals surface area contributed by atoms with Crippen LogP contribution in [0.1, 0.15) is 52.0 Å². The number of carbonyl (C=O) groups excluding carboxylic acids is 1. The maximum atomic E-state index is 11.9. The van der Waals surface area contributed by atoms with Crippen molar-refractivity contribution in [3.8, 4) is 5.75 Å². The number of carbonyl (C=O) groups is 1. The molecule has 0 spiro atoms. The van der Waals surface area contributed by atoms with Crippen molar-refractivity contribution >= 4 is 16.9 Å². The molecule has 0 unspecified atom stereocenters. The largest absolute Gasteiger partial charge is 0.490 e. The van der Waals surface area contributed by atoms with Crippen LogP contribution in [-0.4, -0.2) is 28.8 Å². The van der Waals surface area contributed by atoms with Crippen molar-refractivity contribution in [3.05, 3.63) is 36.2 Å². The van der Waals surface area contributed by atoms with Gasteiger partial charge in [0.25, 0.3) is 0 Å². The van der Waals surface area contributed by atoms with Crippen molar-refractivity contribution in [2.75, 3.05) is 0 Å². The fourth-order valence-corrected chi connectivity index (χ4v) is 3.45. The molecular weight excluding hydrogens is 328 g/mol. The predicted octanol–water partition coefficient (Wildman–Crippen LogP) is 4.76. The van der Waals surface area contributed by atoms with E-state index in [2.05, 4.69) is 23.3 Å². The Kier molecular flexibility index (Phi) is 5.35. The Bertz CT molecular complexity index is 769. The van der Waals surface area contributed by atoms with Gasteiger partial charge in [0.1, 0.15) is 11.4 Å². The highest BCUT2D eigenvalue weighted by Crippen LogP contribution is 2.31. The number of amides is 1. The number of benzene rings is 1. The minimum Gasteiger partial charge on any atom is -0.490 e. The Labute approximate surface area is 155 Å². The van der Waals surface area contributed by atoms with E-state index in [1.807, 2.05) is 45.3 Å². The first-order valence-corrected chi connectivity index (χ1v) is 9.31. The standard InChI is InChI=1S/C21H28N2O3/c1-14-12-22-13-15-6-5-7-18(19(14)15)25-17-10-8-16(9-11-17)23-20(24)26-21(2,3)4/h5-7,12-13,16-17H,8-11H2,1-4H3,(H,23,24). The summed E-state index contributed by atoms with van der Waals surface area (Å²) < 4.78 is 11.6. The second-order valence-corrected chi connectivity index (χ2v) is 8.05. The van der Waals surface area contributed by atoms with E-state index in [0.29, 0.717) is 0 Å². The predicted molar refractivity (Wildman–Crippen MR) is 103 cm³/mol. The average Bonchev–Trinajstić information content (AvgIpc) is 2.55. The van der Waals surface area contributed by atoms with Crippen LogP contribution in [0.25, 0.3) is 10.8 Å². The Morgan fingerprint density at radius 2 is 1.88 bits per heavy atom. The highest BCUT2D eigenvalue weighted by molar-refractivity contribution is 5.90. The van der Waals surface area contributed by atoms with Gasteiger partial charge in [0.05, 0.1) is 6.10 Å². The summed E-state index contributed by atoms with van der Waals surface area (Å²) in [5.41, 5.74) is 0.657. The van der Waals surface area contributed by atoms with E-state index in [1.54, 1.807) is 0 Å². The summed E-state index contributed by atoms with van der Waals surface area (Å²) in [6.45, 7) is 7.68. The van der Waals surface area contributed by atoms with Crippen LogP contribution in [0.3, 0.4) is 0 Å². The van der Waals surface area contributed by atoms with Gasteiger partial charge in [0.2, 0.25) is 0 Å². The molecule has 1 N–H and O–H groups in total. The van der Waals surface area contributed by atoms with Gasteiger partial charge in [0, 0.05) is 29.2 Å². The molecule has 5 heteroatoms. The van der Waals surface area contributed by atoms with Crippen LogP contribution < -0.4 is 10.1 Å². The number of rotatable bonds is 3. The lowest BCUT2D eigenvalue weighted by Gasteiger charge is -2.30. The number of hydrogen-bond acceptors (Lipinski definition) is 4. The van der Waals surface area contributed by atoms with Crippen LogP contribution >= 0.6 is 0 Å². The summed E-state index contributed by atoms with van der Waals surface area (Å²) >= 11 is 0. The molecule has 140 valence electrons. The first-order chi connectivity index (χ1) is 12.3. The van der Waals surface area contributed by atoms with Crippen LogP contribution in [0.4, 0.5) is 4.79 Å². The Balaban J connectivity index is 1.57. The molecular formula is C21H28N2O3. The maximum Gasteiger partial charge on any atom is 0.407 e. The number of ether oxygens (including phenoxy) is 2. The highest BCUT2D eigenvalue weighted by Gasteiger charge is 2.26. The third kappa shape index (κ3) is 4.65. The maximum absolute atomic E-state index is 11.9. The van der Waals surface area contributed by atoms with Gasteiger partial charge in [-0.2, -0.15) is 0 Å². The summed E-state index contributed by atoms with van der Waals surface area (Å²) in [5.74, 6) is 0.922. The van der Waals surface area contributed by atoms with Crippen LogP contribution in [-0.2, 0) is 4.74 Å². The van der Waals surface area contributed by atoms with Gasteiger partial charge in [0.15, 0.2) is 0 Å². The molecule has 0 aliphatic heterocycles. The summed E-state index contributed by atoms with van der Waals surface area (Å²) in [7, 11) is 0. The van der Waals surface area contributed by atoms with Crippen LogP contribution in [0, 0.1) is 6.92 Å². The van der Waals surface area contributed by atoms with Gasteiger partial charge >= 0.3 is 6.09 Å². The van der Waals surface area contributed by atoms with Crippen molar-refractivity contribution in [1.29, 1.82) is 0 Å². The first kappa shape index (κ1) is 18.5. The second-order valence-electron chi connectivity index (χ2n) is 8.05. The molecule has 1 aliphatic rings. The van der Waals surface area contributed by atoms with E-state index in [1.165, 1.54) is 0 Å². The molecule has 26 heavy (non-hydrogen) atoms. The van der Waals surface area contributed by atoms with Crippen molar-refractivity contribution in [2.45, 2.75) is 71.1 Å². The third-order valence-corrected chi connectivity index (χ3v) is 4.62. The minimum atomic E-state index is -0.467. The summed E-state index contributed by atoms with van der Waals surface area (Å²) in [5, 5.41) is 5.21. The monoisotopic (exact) mass is 356 g/mol. The molecule has 5 nitrogen and oxygen atoms in total. The van der Waals surface area contributed by atoms with Crippen LogP contribution in [0.15, 0.2) is 30.6 Å². The number of aromatic nitrogens is 1. The molecule has 0 bridgehead atoms. The molecule has 1 fully saturated rings. The van der Waals surface area contributed by atoms with Gasteiger partial charge in [-0.3, -0.25) is 4.98 Å². The normalized spacial score (nSPS) is 20.6. The molecule has 0 saturated heterocycles. The topological polar surface area (TPSA) is 60.5 Å². The Morgan fingerprint density at radius 1 is 1.15 bits per heavy atom. The Morgan fingerprint density at radius 3 is 2.58 bits per heavy atom. The first-order valence-electron chi connectivity index (χ1n) is 9.31. The molecule has 1 amide bonds. The molecule has 0 atom stereocenters. The lowest BCUT2D eigenvalue weighted by Crippen LogP contribution is -2.42. The van der Waals surface area contributed by atoms with E-state index in [0.717, 1.165) is 47.8 Å². The smallest absolute Gasteiger partial charge is 0.407 e. The molecule has 1 aliphatic carbocycles. The van der Waals surface area contributed by atoms with E-state index < -0.39 is 5.60 Å². The second kappa shape index (κ2) is 7.52. The number of nitrogens with zero attached hydrogens (tertiary/aromatic N) is 1. The summed E-state index contributed by atoms with van der Waals surface area (Å²) in [4.78, 5) is 16.2. The van der Waals surface area contributed by atoms with Crippen LogP contribution in [0.2, 0.25) is 0 Å². The molecule has 3 rings (SSSR count). The van der Waals surface area contributed by atoms with Gasteiger partial charge < -0.3 is 14.8 Å². The van der Waals surface area contributed by atoms with Gasteiger partial charge in [-0.05, 0) is 65.0 Å². The SMILES string of the molecule is Cc1cncc2cccc(OC3CCC(NC(=O)OC(C)(C)C)CC3)c12. The molecule has 1 aromatic carbocycles. The molecule has 0 radical (unpaired) electrons. The zero-order chi connectivity index (χ0) is 18.7. The highest BCUT2D eigenvalue weighted by atomic mass is 16.6. The van der Waals surface area contributed by atoms with Crippen molar-refractivity contribution in [1.82, 2.24) is 10.3 Å². The molecule has 2 aromatic rings. The zero-order valence-corrected chi connectivity index (χ0v) is 16.0. The van der Waals surface area contributed by atoms with Gasteiger partial charge in [-0.1, -0.05) is 12.1 Å². The number of alkyl carbamates (subject to hydrolysis) is 1. The van der Waals surface area contributed by atoms with Gasteiger partial charge in [-0.25, -0.2) is 4.79 Å². The summed E-state index contributed by atoms with van der Waals surface area (Å²) in [6.07, 6.45) is 7.21. The van der Waals surface area contributed by atoms with E-state index in [-0.39, 0.29) is 18.2 Å². The lowest BCUT2D eigenvalue weighted by atomic mass is 9.93. The van der Waals surface area contributed by atoms with Gasteiger partial charge in [-0.15, -0.1) is 0 Å². The lowest BCUT2D eigenvalue weighted by molar-refractivity contribution is 0.0471. The quantitative estimate of drug-likeness (QED) is 0.861. The van der Waals surface area contributed by atoms with Crippen molar-refractivity contribution in [3.63, 3.8) is 0 Å². The summed E-state index contributed by atoms with van der Waals surface area (Å²) in [6, 6.07) is 6.25. The van der Waals surface area contributed by atoms with Crippen molar-refractivity contribution < 1.29 is 14.3 Å². The number of aryl methyl sites for hydroxylation is 1. The fourth-order valence-electron chi connectivity index (χ4n) is 3.45. The molecule has 1 saturated carbocycles. The fraction of sp³-hybridized carbons (Fsp3) is 0.524. The average molecular weight is 356 g/mol.